The number of benzene rings is 2. The van der Waals surface area contributed by atoms with Crippen molar-refractivity contribution < 1.29 is 13.2 Å². The number of alkyl halides is 1. The van der Waals surface area contributed by atoms with Crippen molar-refractivity contribution in [2.24, 2.45) is 0 Å². The van der Waals surface area contributed by atoms with Gasteiger partial charge in [0.15, 0.2) is 5.58 Å². The molecule has 3 aromatic rings. The average Bonchev–Trinajstić information content (AvgIpc) is 2.81. The molecule has 0 aliphatic heterocycles. The normalized spacial score (nSPS) is 12.8. The lowest BCUT2D eigenvalue weighted by molar-refractivity contribution is 0.555. The summed E-state index contributed by atoms with van der Waals surface area (Å²) in [4.78, 5) is 13.0. The van der Waals surface area contributed by atoms with Crippen LogP contribution in [-0.2, 0) is 0 Å². The standard InChI is InChI=1S/C14H7BrClF2NO2/c15-13(7-4-10(18)8(16)5-9(7)17)6-1-2-11-12(3-6)21-14(20)19-11/h1-5,13H,(H,19,20). The Morgan fingerprint density at radius 2 is 1.95 bits per heavy atom. The van der Waals surface area contributed by atoms with Gasteiger partial charge in [-0.25, -0.2) is 13.6 Å². The van der Waals surface area contributed by atoms with Crippen LogP contribution in [-0.4, -0.2) is 4.98 Å². The number of nitrogens with one attached hydrogen (secondary N) is 1. The molecule has 0 aliphatic rings. The molecule has 108 valence electrons. The number of fused-ring (bicyclic) bond motifs is 1. The Labute approximate surface area is 130 Å². The van der Waals surface area contributed by atoms with Crippen molar-refractivity contribution in [2.45, 2.75) is 4.83 Å². The summed E-state index contributed by atoms with van der Waals surface area (Å²) in [6.45, 7) is 0. The predicted octanol–water partition coefficient (Wildman–Crippen LogP) is 4.54. The van der Waals surface area contributed by atoms with Crippen LogP contribution in [0.4, 0.5) is 8.78 Å². The minimum Gasteiger partial charge on any atom is -0.408 e. The van der Waals surface area contributed by atoms with Crippen LogP contribution < -0.4 is 5.76 Å². The summed E-state index contributed by atoms with van der Waals surface area (Å²) >= 11 is 8.85. The van der Waals surface area contributed by atoms with Crippen molar-refractivity contribution in [3.05, 3.63) is 68.7 Å². The van der Waals surface area contributed by atoms with E-state index < -0.39 is 22.2 Å². The third-order valence-corrected chi connectivity index (χ3v) is 4.36. The summed E-state index contributed by atoms with van der Waals surface area (Å²) < 4.78 is 32.4. The Bertz CT molecular complexity index is 890. The molecule has 0 bridgehead atoms. The van der Waals surface area contributed by atoms with E-state index in [1.165, 1.54) is 0 Å². The Morgan fingerprint density at radius 1 is 1.19 bits per heavy atom. The van der Waals surface area contributed by atoms with E-state index in [0.29, 0.717) is 16.7 Å². The fourth-order valence-electron chi connectivity index (χ4n) is 2.03. The van der Waals surface area contributed by atoms with Crippen LogP contribution >= 0.6 is 27.5 Å². The van der Waals surface area contributed by atoms with Gasteiger partial charge in [-0.1, -0.05) is 33.6 Å². The molecule has 1 atom stereocenters. The van der Waals surface area contributed by atoms with Gasteiger partial charge in [-0.05, 0) is 29.8 Å². The Morgan fingerprint density at radius 3 is 2.71 bits per heavy atom. The van der Waals surface area contributed by atoms with E-state index in [9.17, 15) is 13.6 Å². The second-order valence-corrected chi connectivity index (χ2v) is 5.74. The average molecular weight is 375 g/mol. The molecule has 1 N–H and O–H groups in total. The number of halogens is 4. The molecule has 0 saturated heterocycles. The van der Waals surface area contributed by atoms with Crippen LogP contribution in [0.5, 0.6) is 0 Å². The molecule has 0 saturated carbocycles. The number of rotatable bonds is 2. The van der Waals surface area contributed by atoms with E-state index in [4.69, 9.17) is 16.0 Å². The van der Waals surface area contributed by atoms with Gasteiger partial charge in [-0.2, -0.15) is 0 Å². The van der Waals surface area contributed by atoms with Gasteiger partial charge in [-0.3, -0.25) is 4.98 Å². The van der Waals surface area contributed by atoms with Crippen LogP contribution in [0.25, 0.3) is 11.1 Å². The summed E-state index contributed by atoms with van der Waals surface area (Å²) in [6.07, 6.45) is 0. The van der Waals surface area contributed by atoms with Gasteiger partial charge in [0.1, 0.15) is 11.6 Å². The van der Waals surface area contributed by atoms with Gasteiger partial charge < -0.3 is 4.42 Å². The molecule has 0 aliphatic carbocycles. The molecular weight excluding hydrogens is 368 g/mol. The number of H-pyrrole nitrogens is 1. The van der Waals surface area contributed by atoms with Gasteiger partial charge in [0.25, 0.3) is 0 Å². The van der Waals surface area contributed by atoms with Crippen molar-refractivity contribution in [3.63, 3.8) is 0 Å². The summed E-state index contributed by atoms with van der Waals surface area (Å²) in [5.41, 5.74) is 1.60. The molecule has 3 rings (SSSR count). The lowest BCUT2D eigenvalue weighted by atomic mass is 10.0. The number of aromatic amines is 1. The van der Waals surface area contributed by atoms with E-state index in [0.717, 1.165) is 12.1 Å². The molecule has 2 aromatic carbocycles. The first-order valence-corrected chi connectivity index (χ1v) is 7.16. The van der Waals surface area contributed by atoms with E-state index in [1.807, 2.05) is 0 Å². The van der Waals surface area contributed by atoms with Crippen molar-refractivity contribution in [2.75, 3.05) is 0 Å². The largest absolute Gasteiger partial charge is 0.417 e. The summed E-state index contributed by atoms with van der Waals surface area (Å²) in [7, 11) is 0. The first kappa shape index (κ1) is 14.3. The third-order valence-electron chi connectivity index (χ3n) is 3.05. The van der Waals surface area contributed by atoms with Gasteiger partial charge in [0.2, 0.25) is 0 Å². The monoisotopic (exact) mass is 373 g/mol. The van der Waals surface area contributed by atoms with Gasteiger partial charge in [0, 0.05) is 5.56 Å². The summed E-state index contributed by atoms with van der Waals surface area (Å²) in [5.74, 6) is -1.90. The highest BCUT2D eigenvalue weighted by atomic mass is 79.9. The Hall–Kier alpha value is -1.66. The van der Waals surface area contributed by atoms with Crippen LogP contribution in [0.1, 0.15) is 16.0 Å². The topological polar surface area (TPSA) is 46.0 Å². The highest BCUT2D eigenvalue weighted by molar-refractivity contribution is 9.09. The molecule has 1 aromatic heterocycles. The SMILES string of the molecule is O=c1[nH]c2ccc(C(Br)c3cc(F)c(Cl)cc3F)cc2o1. The highest BCUT2D eigenvalue weighted by Crippen LogP contribution is 2.35. The Balaban J connectivity index is 2.09. The van der Waals surface area contributed by atoms with E-state index >= 15 is 0 Å². The quantitative estimate of drug-likeness (QED) is 0.529. The summed E-state index contributed by atoms with van der Waals surface area (Å²) in [5, 5.41) is -0.275. The van der Waals surface area contributed by atoms with Crippen molar-refractivity contribution in [1.82, 2.24) is 4.98 Å². The maximum Gasteiger partial charge on any atom is 0.417 e. The highest BCUT2D eigenvalue weighted by Gasteiger charge is 2.18. The van der Waals surface area contributed by atoms with Crippen molar-refractivity contribution in [1.29, 1.82) is 0 Å². The number of oxazole rings is 1. The lowest BCUT2D eigenvalue weighted by Gasteiger charge is -2.12. The minimum absolute atomic E-state index is 0.106. The second-order valence-electron chi connectivity index (χ2n) is 4.42. The fraction of sp³-hybridized carbons (Fsp3) is 0.0714. The number of aromatic nitrogens is 1. The van der Waals surface area contributed by atoms with Crippen LogP contribution in [0, 0.1) is 11.6 Å². The second kappa shape index (κ2) is 5.27. The van der Waals surface area contributed by atoms with Crippen molar-refractivity contribution >= 4 is 38.6 Å². The minimum atomic E-state index is -0.702. The van der Waals surface area contributed by atoms with E-state index in [2.05, 4.69) is 20.9 Å². The molecule has 1 unspecified atom stereocenters. The zero-order chi connectivity index (χ0) is 15.1. The zero-order valence-electron chi connectivity index (χ0n) is 10.3. The predicted molar refractivity (Wildman–Crippen MR) is 79.0 cm³/mol. The maximum atomic E-state index is 13.9. The van der Waals surface area contributed by atoms with Crippen LogP contribution in [0.2, 0.25) is 5.02 Å². The maximum absolute atomic E-state index is 13.9. The molecule has 0 amide bonds. The molecule has 21 heavy (non-hydrogen) atoms. The lowest BCUT2D eigenvalue weighted by Crippen LogP contribution is -1.98. The Kier molecular flexibility index (Phi) is 3.59. The molecule has 3 nitrogen and oxygen atoms in total. The van der Waals surface area contributed by atoms with E-state index in [1.54, 1.807) is 18.2 Å². The zero-order valence-corrected chi connectivity index (χ0v) is 12.6. The third kappa shape index (κ3) is 2.61. The molecular formula is C14H7BrClF2NO2. The molecule has 0 fully saturated rings. The smallest absolute Gasteiger partial charge is 0.408 e. The molecule has 0 spiro atoms. The summed E-state index contributed by atoms with van der Waals surface area (Å²) in [6, 6.07) is 6.86. The number of hydrogen-bond donors (Lipinski definition) is 1. The first-order chi connectivity index (χ1) is 9.95. The molecule has 0 radical (unpaired) electrons. The van der Waals surface area contributed by atoms with Crippen molar-refractivity contribution in [3.8, 4) is 0 Å². The molecule has 7 heteroatoms. The van der Waals surface area contributed by atoms with Gasteiger partial charge in [-0.15, -0.1) is 0 Å². The van der Waals surface area contributed by atoms with Crippen LogP contribution in [0.15, 0.2) is 39.5 Å². The fourth-order valence-corrected chi connectivity index (χ4v) is 2.82. The molecule has 1 heterocycles. The first-order valence-electron chi connectivity index (χ1n) is 5.87. The van der Waals surface area contributed by atoms with Crippen LogP contribution in [0.3, 0.4) is 0 Å². The van der Waals surface area contributed by atoms with E-state index in [-0.39, 0.29) is 10.6 Å². The number of hydrogen-bond acceptors (Lipinski definition) is 2. The van der Waals surface area contributed by atoms with Gasteiger partial charge in [0.05, 0.1) is 15.4 Å². The van der Waals surface area contributed by atoms with Gasteiger partial charge >= 0.3 is 5.76 Å².